The van der Waals surface area contributed by atoms with Gasteiger partial charge >= 0.3 is 0 Å². The average Bonchev–Trinajstić information content (AvgIpc) is 3.14. The minimum Gasteiger partial charge on any atom is -0.489 e. The van der Waals surface area contributed by atoms with Crippen LogP contribution >= 0.6 is 0 Å². The van der Waals surface area contributed by atoms with Crippen LogP contribution in [0.1, 0.15) is 41.6 Å². The summed E-state index contributed by atoms with van der Waals surface area (Å²) in [6.45, 7) is 6.28. The first-order valence-corrected chi connectivity index (χ1v) is 10.9. The van der Waals surface area contributed by atoms with E-state index in [1.165, 1.54) is 22.7 Å². The Labute approximate surface area is 194 Å². The standard InChI is InChI=1S/C24H22F2N6O2/c1-13(2)22-21(24(33)30-31-11-12-34-18-10-5-4-9-17(18)31)27-28-23-19(14(3)29-32(22)23)20-15(25)7-6-8-16(20)26/h4-10,13H,11-12H2,1-3H3,(H,30,33). The van der Waals surface area contributed by atoms with Gasteiger partial charge in [-0.3, -0.25) is 15.2 Å². The lowest BCUT2D eigenvalue weighted by Crippen LogP contribution is -2.47. The summed E-state index contributed by atoms with van der Waals surface area (Å²) in [6.07, 6.45) is 0. The molecule has 4 aromatic rings. The number of anilines is 1. The van der Waals surface area contributed by atoms with Crippen molar-refractivity contribution in [3.05, 3.63) is 71.2 Å². The number of rotatable bonds is 4. The highest BCUT2D eigenvalue weighted by molar-refractivity contribution is 5.95. The molecule has 0 saturated carbocycles. The number of ether oxygens (including phenoxy) is 1. The maximum atomic E-state index is 14.6. The van der Waals surface area contributed by atoms with Crippen molar-refractivity contribution < 1.29 is 18.3 Å². The van der Waals surface area contributed by atoms with E-state index in [2.05, 4.69) is 20.7 Å². The van der Waals surface area contributed by atoms with Gasteiger partial charge in [0.1, 0.15) is 24.0 Å². The number of amides is 1. The number of aryl methyl sites for hydroxylation is 1. The zero-order valence-corrected chi connectivity index (χ0v) is 18.8. The van der Waals surface area contributed by atoms with Crippen LogP contribution in [0.2, 0.25) is 0 Å². The first-order chi connectivity index (χ1) is 16.4. The summed E-state index contributed by atoms with van der Waals surface area (Å²) in [5, 5.41) is 14.5. The van der Waals surface area contributed by atoms with Gasteiger partial charge in [0.2, 0.25) is 0 Å². The molecule has 0 atom stereocenters. The predicted octanol–water partition coefficient (Wildman–Crippen LogP) is 4.05. The lowest BCUT2D eigenvalue weighted by atomic mass is 10.0. The maximum absolute atomic E-state index is 14.6. The van der Waals surface area contributed by atoms with Gasteiger partial charge in [-0.15, -0.1) is 10.2 Å². The van der Waals surface area contributed by atoms with E-state index in [-0.39, 0.29) is 28.4 Å². The molecule has 3 heterocycles. The summed E-state index contributed by atoms with van der Waals surface area (Å²) >= 11 is 0. The SMILES string of the molecule is Cc1nn2c(C(C)C)c(C(=O)NN3CCOc4ccccc43)nnc2c1-c1c(F)cccc1F. The van der Waals surface area contributed by atoms with Crippen molar-refractivity contribution in [2.75, 3.05) is 18.2 Å². The van der Waals surface area contributed by atoms with Crippen LogP contribution in [0.3, 0.4) is 0 Å². The molecule has 10 heteroatoms. The average molecular weight is 464 g/mol. The van der Waals surface area contributed by atoms with E-state index in [9.17, 15) is 13.6 Å². The Kier molecular flexibility index (Phi) is 5.35. The van der Waals surface area contributed by atoms with E-state index in [1.807, 2.05) is 38.1 Å². The molecule has 0 unspecified atom stereocenters. The minimum atomic E-state index is -0.723. The molecule has 1 amide bonds. The molecule has 0 bridgehead atoms. The third-order valence-electron chi connectivity index (χ3n) is 5.69. The van der Waals surface area contributed by atoms with Crippen molar-refractivity contribution in [1.82, 2.24) is 25.2 Å². The van der Waals surface area contributed by atoms with E-state index in [1.54, 1.807) is 11.9 Å². The fraction of sp³-hybridized carbons (Fsp3) is 0.250. The normalized spacial score (nSPS) is 13.2. The molecule has 5 rings (SSSR count). The highest BCUT2D eigenvalue weighted by Gasteiger charge is 2.28. The van der Waals surface area contributed by atoms with E-state index < -0.39 is 17.5 Å². The molecule has 1 N–H and O–H groups in total. The van der Waals surface area contributed by atoms with Crippen LogP contribution in [0.4, 0.5) is 14.5 Å². The van der Waals surface area contributed by atoms with Gasteiger partial charge in [0.15, 0.2) is 11.3 Å². The van der Waals surface area contributed by atoms with Crippen molar-refractivity contribution in [3.63, 3.8) is 0 Å². The molecule has 1 aliphatic heterocycles. The van der Waals surface area contributed by atoms with Gasteiger partial charge in [-0.05, 0) is 37.1 Å². The number of hydrogen-bond acceptors (Lipinski definition) is 6. The highest BCUT2D eigenvalue weighted by Crippen LogP contribution is 2.33. The second-order valence-corrected chi connectivity index (χ2v) is 8.29. The Morgan fingerprint density at radius 1 is 1.06 bits per heavy atom. The predicted molar refractivity (Wildman–Crippen MR) is 122 cm³/mol. The van der Waals surface area contributed by atoms with E-state index in [0.717, 1.165) is 5.69 Å². The van der Waals surface area contributed by atoms with Crippen molar-refractivity contribution >= 4 is 17.2 Å². The number of benzene rings is 2. The summed E-state index contributed by atoms with van der Waals surface area (Å²) in [4.78, 5) is 13.3. The Hall–Kier alpha value is -4.08. The van der Waals surface area contributed by atoms with Crippen molar-refractivity contribution in [2.24, 2.45) is 0 Å². The molecule has 0 fully saturated rings. The molecular formula is C24H22F2N6O2. The molecule has 174 valence electrons. The number of nitrogens with one attached hydrogen (secondary N) is 1. The first-order valence-electron chi connectivity index (χ1n) is 10.9. The van der Waals surface area contributed by atoms with Crippen LogP contribution in [-0.2, 0) is 0 Å². The molecule has 8 nitrogen and oxygen atoms in total. The van der Waals surface area contributed by atoms with Crippen molar-refractivity contribution in [1.29, 1.82) is 0 Å². The Bertz CT molecular complexity index is 1400. The van der Waals surface area contributed by atoms with E-state index in [4.69, 9.17) is 4.74 Å². The maximum Gasteiger partial charge on any atom is 0.292 e. The molecular weight excluding hydrogens is 442 g/mol. The zero-order valence-electron chi connectivity index (χ0n) is 18.8. The largest absolute Gasteiger partial charge is 0.489 e. The topological polar surface area (TPSA) is 84.7 Å². The second-order valence-electron chi connectivity index (χ2n) is 8.29. The number of carbonyl (C=O) groups is 1. The van der Waals surface area contributed by atoms with Crippen molar-refractivity contribution in [2.45, 2.75) is 26.7 Å². The van der Waals surface area contributed by atoms with Gasteiger partial charge < -0.3 is 4.74 Å². The van der Waals surface area contributed by atoms with Gasteiger partial charge in [0.25, 0.3) is 5.91 Å². The minimum absolute atomic E-state index is 0.0783. The molecule has 34 heavy (non-hydrogen) atoms. The van der Waals surface area contributed by atoms with Crippen LogP contribution < -0.4 is 15.2 Å². The molecule has 2 aromatic heterocycles. The summed E-state index contributed by atoms with van der Waals surface area (Å²) in [7, 11) is 0. The third-order valence-corrected chi connectivity index (χ3v) is 5.69. The van der Waals surface area contributed by atoms with Gasteiger partial charge in [0, 0.05) is 0 Å². The smallest absolute Gasteiger partial charge is 0.292 e. The lowest BCUT2D eigenvalue weighted by Gasteiger charge is -2.31. The van der Waals surface area contributed by atoms with E-state index in [0.29, 0.717) is 30.3 Å². The van der Waals surface area contributed by atoms with Crippen molar-refractivity contribution in [3.8, 4) is 16.9 Å². The fourth-order valence-electron chi connectivity index (χ4n) is 4.19. The fourth-order valence-corrected chi connectivity index (χ4v) is 4.19. The number of aromatic nitrogens is 4. The summed E-state index contributed by atoms with van der Waals surface area (Å²) < 4.78 is 36.2. The molecule has 0 aliphatic carbocycles. The second kappa shape index (κ2) is 8.36. The number of carbonyl (C=O) groups excluding carboxylic acids is 1. The third kappa shape index (κ3) is 3.51. The first kappa shape index (κ1) is 21.7. The van der Waals surface area contributed by atoms with Crippen LogP contribution in [0.5, 0.6) is 5.75 Å². The van der Waals surface area contributed by atoms with Crippen LogP contribution in [0.15, 0.2) is 42.5 Å². The number of nitrogens with zero attached hydrogens (tertiary/aromatic N) is 5. The van der Waals surface area contributed by atoms with Crippen LogP contribution in [0, 0.1) is 18.6 Å². The number of fused-ring (bicyclic) bond motifs is 2. The highest BCUT2D eigenvalue weighted by atomic mass is 19.1. The van der Waals surface area contributed by atoms with E-state index >= 15 is 0 Å². The summed E-state index contributed by atoms with van der Waals surface area (Å²) in [5.41, 5.74) is 4.70. The summed E-state index contributed by atoms with van der Waals surface area (Å²) in [6, 6.07) is 11.0. The number of halogens is 2. The Morgan fingerprint density at radius 3 is 2.53 bits per heavy atom. The van der Waals surface area contributed by atoms with Gasteiger partial charge in [-0.2, -0.15) is 5.10 Å². The zero-order chi connectivity index (χ0) is 24.0. The van der Waals surface area contributed by atoms with Gasteiger partial charge in [0.05, 0.1) is 34.7 Å². The van der Waals surface area contributed by atoms with Crippen LogP contribution in [-0.4, -0.2) is 38.9 Å². The molecule has 0 radical (unpaired) electrons. The Balaban J connectivity index is 1.60. The molecule has 2 aromatic carbocycles. The number of hydrazine groups is 1. The van der Waals surface area contributed by atoms with Gasteiger partial charge in [-0.25, -0.2) is 13.3 Å². The molecule has 1 aliphatic rings. The number of para-hydroxylation sites is 2. The van der Waals surface area contributed by atoms with Gasteiger partial charge in [-0.1, -0.05) is 32.0 Å². The molecule has 0 saturated heterocycles. The monoisotopic (exact) mass is 464 g/mol. The molecule has 0 spiro atoms. The quantitative estimate of drug-likeness (QED) is 0.491. The number of hydrogen-bond donors (Lipinski definition) is 1. The van der Waals surface area contributed by atoms with Crippen LogP contribution in [0.25, 0.3) is 16.8 Å². The lowest BCUT2D eigenvalue weighted by molar-refractivity contribution is 0.0936. The summed E-state index contributed by atoms with van der Waals surface area (Å²) in [5.74, 6) is -1.44. The Morgan fingerprint density at radius 2 is 1.79 bits per heavy atom.